The van der Waals surface area contributed by atoms with Gasteiger partial charge in [0, 0.05) is 11.8 Å². The first-order chi connectivity index (χ1) is 11.6. The Morgan fingerprint density at radius 3 is 1.12 bits per heavy atom. The van der Waals surface area contributed by atoms with Crippen LogP contribution in [0.2, 0.25) is 0 Å². The SMILES string of the molecule is C[C@@]1(C2C=c3ccccc3=C2)CC[C@]1(C)C1C=c2ccccc2=C1. The maximum Gasteiger partial charge on any atom is 0.00243 e. The Morgan fingerprint density at radius 1 is 0.583 bits per heavy atom. The first kappa shape index (κ1) is 14.3. The molecule has 0 heteroatoms. The van der Waals surface area contributed by atoms with Gasteiger partial charge in [0.1, 0.15) is 0 Å². The van der Waals surface area contributed by atoms with E-state index in [4.69, 9.17) is 0 Å². The van der Waals surface area contributed by atoms with Gasteiger partial charge in [0.05, 0.1) is 0 Å². The molecular weight excluding hydrogens is 288 g/mol. The van der Waals surface area contributed by atoms with Gasteiger partial charge in [0.2, 0.25) is 0 Å². The first-order valence-corrected chi connectivity index (χ1v) is 9.18. The molecule has 2 atom stereocenters. The first-order valence-electron chi connectivity index (χ1n) is 9.18. The Bertz CT molecular complexity index is 900. The number of hydrogen-bond donors (Lipinski definition) is 0. The highest BCUT2D eigenvalue weighted by Gasteiger charge is 2.58. The van der Waals surface area contributed by atoms with Crippen LogP contribution in [0, 0.1) is 22.7 Å². The molecule has 0 aromatic heterocycles. The van der Waals surface area contributed by atoms with Crippen LogP contribution in [0.4, 0.5) is 0 Å². The third-order valence-corrected chi connectivity index (χ3v) is 7.37. The summed E-state index contributed by atoms with van der Waals surface area (Å²) in [4.78, 5) is 0. The highest BCUT2D eigenvalue weighted by atomic mass is 14.6. The Morgan fingerprint density at radius 2 is 0.875 bits per heavy atom. The molecule has 0 saturated heterocycles. The Kier molecular flexibility index (Phi) is 2.81. The fourth-order valence-corrected chi connectivity index (χ4v) is 5.24. The lowest BCUT2D eigenvalue weighted by Crippen LogP contribution is -2.53. The summed E-state index contributed by atoms with van der Waals surface area (Å²) < 4.78 is 0. The third-order valence-electron chi connectivity index (χ3n) is 7.37. The molecule has 120 valence electrons. The molecule has 2 aromatic carbocycles. The van der Waals surface area contributed by atoms with Crippen molar-refractivity contribution in [1.82, 2.24) is 0 Å². The molecule has 2 aromatic rings. The molecule has 3 aliphatic carbocycles. The van der Waals surface area contributed by atoms with Crippen LogP contribution in [0.25, 0.3) is 24.3 Å². The van der Waals surface area contributed by atoms with Crippen LogP contribution in [0.5, 0.6) is 0 Å². The molecule has 0 radical (unpaired) electrons. The fraction of sp³-hybridized carbons (Fsp3) is 0.333. The van der Waals surface area contributed by atoms with Gasteiger partial charge in [-0.3, -0.25) is 0 Å². The van der Waals surface area contributed by atoms with Crippen LogP contribution in [-0.4, -0.2) is 0 Å². The summed E-state index contributed by atoms with van der Waals surface area (Å²) in [5.41, 5.74) is 0.678. The summed E-state index contributed by atoms with van der Waals surface area (Å²) in [6.45, 7) is 5.04. The molecule has 3 aliphatic rings. The molecule has 1 fully saturated rings. The summed E-state index contributed by atoms with van der Waals surface area (Å²) >= 11 is 0. The van der Waals surface area contributed by atoms with Crippen molar-refractivity contribution in [2.75, 3.05) is 0 Å². The minimum atomic E-state index is 0.339. The quantitative estimate of drug-likeness (QED) is 0.799. The second-order valence-electron chi connectivity index (χ2n) is 8.31. The maximum absolute atomic E-state index is 2.52. The van der Waals surface area contributed by atoms with E-state index in [0.717, 1.165) is 0 Å². The van der Waals surface area contributed by atoms with E-state index in [1.54, 1.807) is 0 Å². The lowest BCUT2D eigenvalue weighted by atomic mass is 9.43. The number of fused-ring (bicyclic) bond motifs is 2. The molecule has 0 amide bonds. The predicted molar refractivity (Wildman–Crippen MR) is 102 cm³/mol. The Labute approximate surface area is 143 Å². The largest absolute Gasteiger partial charge is 0.0692 e. The van der Waals surface area contributed by atoms with Gasteiger partial charge in [-0.25, -0.2) is 0 Å². The molecule has 5 rings (SSSR count). The standard InChI is InChI=1S/C24H24/c1-23(21-13-17-7-3-4-8-18(17)14-21)11-12-24(23,2)22-15-19-9-5-6-10-20(19)16-22/h3-10,13-16,21-22H,11-12H2,1-2H3/t23-,24+. The van der Waals surface area contributed by atoms with Crippen molar-refractivity contribution < 1.29 is 0 Å². The average molecular weight is 312 g/mol. The minimum absolute atomic E-state index is 0.339. The summed E-state index contributed by atoms with van der Waals surface area (Å²) in [5, 5.41) is 5.67. The predicted octanol–water partition coefficient (Wildman–Crippen LogP) is 2.57. The van der Waals surface area contributed by atoms with Gasteiger partial charge in [-0.2, -0.15) is 0 Å². The molecule has 0 aliphatic heterocycles. The summed E-state index contributed by atoms with van der Waals surface area (Å²) in [6.07, 6.45) is 12.7. The summed E-state index contributed by atoms with van der Waals surface area (Å²) in [5.74, 6) is 1.11. The monoisotopic (exact) mass is 312 g/mol. The van der Waals surface area contributed by atoms with Gasteiger partial charge in [-0.1, -0.05) is 86.7 Å². The highest BCUT2D eigenvalue weighted by Crippen LogP contribution is 2.65. The van der Waals surface area contributed by atoms with Gasteiger partial charge in [0.25, 0.3) is 0 Å². The second kappa shape index (κ2) is 4.72. The molecule has 0 unspecified atom stereocenters. The number of benzene rings is 2. The number of rotatable bonds is 2. The van der Waals surface area contributed by atoms with Crippen LogP contribution in [0.3, 0.4) is 0 Å². The van der Waals surface area contributed by atoms with E-state index in [9.17, 15) is 0 Å². The Balaban J connectivity index is 1.56. The van der Waals surface area contributed by atoms with E-state index in [0.29, 0.717) is 22.7 Å². The van der Waals surface area contributed by atoms with Gasteiger partial charge in [-0.05, 0) is 44.5 Å². The highest BCUT2D eigenvalue weighted by molar-refractivity contribution is 5.57. The van der Waals surface area contributed by atoms with E-state index in [-0.39, 0.29) is 0 Å². The zero-order chi connectivity index (χ0) is 16.4. The van der Waals surface area contributed by atoms with E-state index in [2.05, 4.69) is 86.7 Å². The van der Waals surface area contributed by atoms with Crippen molar-refractivity contribution in [3.63, 3.8) is 0 Å². The van der Waals surface area contributed by atoms with Crippen LogP contribution in [-0.2, 0) is 0 Å². The lowest BCUT2D eigenvalue weighted by Gasteiger charge is -2.61. The average Bonchev–Trinajstić information content (AvgIpc) is 3.23. The van der Waals surface area contributed by atoms with Gasteiger partial charge < -0.3 is 0 Å². The summed E-state index contributed by atoms with van der Waals surface area (Å²) in [7, 11) is 0. The van der Waals surface area contributed by atoms with Crippen molar-refractivity contribution in [2.45, 2.75) is 26.7 Å². The lowest BCUT2D eigenvalue weighted by molar-refractivity contribution is -0.0759. The van der Waals surface area contributed by atoms with Gasteiger partial charge >= 0.3 is 0 Å². The van der Waals surface area contributed by atoms with Crippen molar-refractivity contribution in [3.05, 3.63) is 69.4 Å². The fourth-order valence-electron chi connectivity index (χ4n) is 5.24. The van der Waals surface area contributed by atoms with E-state index < -0.39 is 0 Å². The minimum Gasteiger partial charge on any atom is -0.0692 e. The molecule has 0 spiro atoms. The molecule has 0 bridgehead atoms. The Hall–Kier alpha value is -2.08. The smallest absolute Gasteiger partial charge is 0.00243 e. The van der Waals surface area contributed by atoms with Crippen LogP contribution in [0.15, 0.2) is 48.5 Å². The molecule has 1 saturated carbocycles. The van der Waals surface area contributed by atoms with Crippen molar-refractivity contribution in [1.29, 1.82) is 0 Å². The molecule has 24 heavy (non-hydrogen) atoms. The van der Waals surface area contributed by atoms with Gasteiger partial charge in [0.15, 0.2) is 0 Å². The maximum atomic E-state index is 2.52. The van der Waals surface area contributed by atoms with Crippen LogP contribution < -0.4 is 20.9 Å². The zero-order valence-corrected chi connectivity index (χ0v) is 14.5. The van der Waals surface area contributed by atoms with Crippen molar-refractivity contribution in [3.8, 4) is 0 Å². The van der Waals surface area contributed by atoms with E-state index in [1.165, 1.54) is 33.7 Å². The van der Waals surface area contributed by atoms with Gasteiger partial charge in [-0.15, -0.1) is 0 Å². The molecule has 0 N–H and O–H groups in total. The molecule has 0 heterocycles. The molecular formula is C24H24. The third kappa shape index (κ3) is 1.75. The topological polar surface area (TPSA) is 0 Å². The normalized spacial score (nSPS) is 31.1. The number of hydrogen-bond acceptors (Lipinski definition) is 0. The van der Waals surface area contributed by atoms with E-state index >= 15 is 0 Å². The second-order valence-corrected chi connectivity index (χ2v) is 8.31. The van der Waals surface area contributed by atoms with Crippen molar-refractivity contribution >= 4 is 24.3 Å². The summed E-state index contributed by atoms with van der Waals surface area (Å²) in [6, 6.07) is 17.7. The zero-order valence-electron chi connectivity index (χ0n) is 14.5. The van der Waals surface area contributed by atoms with Crippen molar-refractivity contribution in [2.24, 2.45) is 22.7 Å². The molecule has 0 nitrogen and oxygen atoms in total. The van der Waals surface area contributed by atoms with Crippen LogP contribution in [0.1, 0.15) is 26.7 Å². The van der Waals surface area contributed by atoms with Crippen LogP contribution >= 0.6 is 0 Å². The van der Waals surface area contributed by atoms with E-state index in [1.807, 2.05) is 0 Å².